The SMILES string of the molecule is CCOc1ccc(NC(=O)CSc2cccc(NC(=S)Nc3ccccc3)c2)cc1. The molecule has 0 aromatic heterocycles. The van der Waals surface area contributed by atoms with Gasteiger partial charge in [-0.3, -0.25) is 4.79 Å². The highest BCUT2D eigenvalue weighted by Crippen LogP contribution is 2.23. The highest BCUT2D eigenvalue weighted by molar-refractivity contribution is 8.00. The summed E-state index contributed by atoms with van der Waals surface area (Å²) in [6.07, 6.45) is 0. The molecule has 0 fully saturated rings. The van der Waals surface area contributed by atoms with Crippen LogP contribution in [0, 0.1) is 0 Å². The number of amides is 1. The van der Waals surface area contributed by atoms with E-state index in [0.29, 0.717) is 17.5 Å². The summed E-state index contributed by atoms with van der Waals surface area (Å²) in [7, 11) is 0. The van der Waals surface area contributed by atoms with Crippen molar-refractivity contribution in [2.45, 2.75) is 11.8 Å². The number of hydrogen-bond acceptors (Lipinski definition) is 4. The maximum absolute atomic E-state index is 12.3. The van der Waals surface area contributed by atoms with E-state index in [0.717, 1.165) is 27.7 Å². The number of para-hydroxylation sites is 1. The second-order valence-electron chi connectivity index (χ2n) is 6.27. The Morgan fingerprint density at radius 2 is 1.53 bits per heavy atom. The molecule has 1 amide bonds. The van der Waals surface area contributed by atoms with Crippen molar-refractivity contribution in [3.63, 3.8) is 0 Å². The number of benzene rings is 3. The second kappa shape index (κ2) is 11.2. The normalized spacial score (nSPS) is 10.2. The Morgan fingerprint density at radius 3 is 2.27 bits per heavy atom. The zero-order chi connectivity index (χ0) is 21.2. The van der Waals surface area contributed by atoms with Gasteiger partial charge in [0.1, 0.15) is 5.75 Å². The van der Waals surface area contributed by atoms with Crippen LogP contribution in [0.1, 0.15) is 6.92 Å². The molecular weight excluding hydrogens is 414 g/mol. The first-order valence-electron chi connectivity index (χ1n) is 9.51. The van der Waals surface area contributed by atoms with Gasteiger partial charge < -0.3 is 20.7 Å². The minimum atomic E-state index is -0.0659. The van der Waals surface area contributed by atoms with Crippen molar-refractivity contribution in [3.8, 4) is 5.75 Å². The van der Waals surface area contributed by atoms with Gasteiger partial charge in [-0.1, -0.05) is 24.3 Å². The fraction of sp³-hybridized carbons (Fsp3) is 0.130. The van der Waals surface area contributed by atoms with Crippen LogP contribution in [0.3, 0.4) is 0 Å². The molecule has 7 heteroatoms. The minimum absolute atomic E-state index is 0.0659. The first-order chi connectivity index (χ1) is 14.6. The number of thiocarbonyl (C=S) groups is 1. The van der Waals surface area contributed by atoms with E-state index in [1.807, 2.05) is 85.8 Å². The van der Waals surface area contributed by atoms with Crippen LogP contribution in [0.4, 0.5) is 17.1 Å². The summed E-state index contributed by atoms with van der Waals surface area (Å²) in [5.41, 5.74) is 2.53. The molecule has 0 aliphatic heterocycles. The van der Waals surface area contributed by atoms with Gasteiger partial charge in [0.15, 0.2) is 5.11 Å². The molecule has 0 aliphatic carbocycles. The van der Waals surface area contributed by atoms with Gasteiger partial charge in [-0.2, -0.15) is 0 Å². The van der Waals surface area contributed by atoms with Crippen LogP contribution in [0.2, 0.25) is 0 Å². The van der Waals surface area contributed by atoms with E-state index in [9.17, 15) is 4.79 Å². The van der Waals surface area contributed by atoms with E-state index in [1.54, 1.807) is 0 Å². The van der Waals surface area contributed by atoms with Crippen molar-refractivity contribution >= 4 is 52.1 Å². The summed E-state index contributed by atoms with van der Waals surface area (Å²) in [5.74, 6) is 1.03. The zero-order valence-corrected chi connectivity index (χ0v) is 18.2. The van der Waals surface area contributed by atoms with Crippen LogP contribution in [0.25, 0.3) is 0 Å². The topological polar surface area (TPSA) is 62.4 Å². The molecule has 5 nitrogen and oxygen atoms in total. The summed E-state index contributed by atoms with van der Waals surface area (Å²) in [6.45, 7) is 2.55. The quantitative estimate of drug-likeness (QED) is 0.314. The molecule has 3 rings (SSSR count). The van der Waals surface area contributed by atoms with Crippen LogP contribution in [0.5, 0.6) is 5.75 Å². The Bertz CT molecular complexity index is 979. The van der Waals surface area contributed by atoms with E-state index < -0.39 is 0 Å². The van der Waals surface area contributed by atoms with Crippen molar-refractivity contribution in [1.29, 1.82) is 0 Å². The molecule has 0 saturated heterocycles. The van der Waals surface area contributed by atoms with Crippen molar-refractivity contribution in [1.82, 2.24) is 0 Å². The highest BCUT2D eigenvalue weighted by Gasteiger charge is 2.06. The first kappa shape index (κ1) is 21.7. The maximum Gasteiger partial charge on any atom is 0.234 e. The number of thioether (sulfide) groups is 1. The molecule has 0 bridgehead atoms. The Morgan fingerprint density at radius 1 is 0.867 bits per heavy atom. The number of carbonyl (C=O) groups excluding carboxylic acids is 1. The number of hydrogen-bond donors (Lipinski definition) is 3. The number of ether oxygens (including phenoxy) is 1. The molecule has 30 heavy (non-hydrogen) atoms. The fourth-order valence-electron chi connectivity index (χ4n) is 2.63. The predicted molar refractivity (Wildman–Crippen MR) is 130 cm³/mol. The lowest BCUT2D eigenvalue weighted by Gasteiger charge is -2.11. The average Bonchev–Trinajstić information content (AvgIpc) is 2.75. The molecule has 0 radical (unpaired) electrons. The second-order valence-corrected chi connectivity index (χ2v) is 7.72. The van der Waals surface area contributed by atoms with E-state index >= 15 is 0 Å². The summed E-state index contributed by atoms with van der Waals surface area (Å²) in [5, 5.41) is 9.71. The van der Waals surface area contributed by atoms with Gasteiger partial charge >= 0.3 is 0 Å². The molecule has 154 valence electrons. The minimum Gasteiger partial charge on any atom is -0.494 e. The van der Waals surface area contributed by atoms with Gasteiger partial charge in [-0.05, 0) is 73.7 Å². The van der Waals surface area contributed by atoms with Gasteiger partial charge in [0.2, 0.25) is 5.91 Å². The third kappa shape index (κ3) is 7.09. The standard InChI is InChI=1S/C23H23N3O2S2/c1-2-28-20-13-11-18(12-14-20)24-22(27)16-30-21-10-6-9-19(15-21)26-23(29)25-17-7-4-3-5-8-17/h3-15H,2,16H2,1H3,(H,24,27)(H2,25,26,29). The van der Waals surface area contributed by atoms with Gasteiger partial charge in [0.25, 0.3) is 0 Å². The summed E-state index contributed by atoms with van der Waals surface area (Å²) in [4.78, 5) is 13.2. The molecular formula is C23H23N3O2S2. The Hall–Kier alpha value is -3.03. The number of nitrogens with one attached hydrogen (secondary N) is 3. The average molecular weight is 438 g/mol. The largest absolute Gasteiger partial charge is 0.494 e. The third-order valence-electron chi connectivity index (χ3n) is 3.94. The van der Waals surface area contributed by atoms with E-state index in [-0.39, 0.29) is 5.91 Å². The van der Waals surface area contributed by atoms with E-state index in [4.69, 9.17) is 17.0 Å². The lowest BCUT2D eigenvalue weighted by molar-refractivity contribution is -0.113. The van der Waals surface area contributed by atoms with Crippen molar-refractivity contribution in [3.05, 3.63) is 78.9 Å². The number of anilines is 3. The lowest BCUT2D eigenvalue weighted by atomic mass is 10.3. The smallest absolute Gasteiger partial charge is 0.234 e. The molecule has 3 N–H and O–H groups in total. The molecule has 3 aromatic carbocycles. The molecule has 3 aromatic rings. The Labute approximate surface area is 186 Å². The van der Waals surface area contributed by atoms with Gasteiger partial charge in [0.05, 0.1) is 12.4 Å². The third-order valence-corrected chi connectivity index (χ3v) is 5.14. The van der Waals surface area contributed by atoms with Crippen molar-refractivity contribution < 1.29 is 9.53 Å². The fourth-order valence-corrected chi connectivity index (χ4v) is 3.62. The molecule has 0 aliphatic rings. The number of carbonyl (C=O) groups is 1. The highest BCUT2D eigenvalue weighted by atomic mass is 32.2. The maximum atomic E-state index is 12.3. The summed E-state index contributed by atoms with van der Waals surface area (Å²) >= 11 is 6.83. The summed E-state index contributed by atoms with van der Waals surface area (Å²) < 4.78 is 5.41. The van der Waals surface area contributed by atoms with Gasteiger partial charge in [-0.25, -0.2) is 0 Å². The van der Waals surface area contributed by atoms with E-state index in [2.05, 4.69) is 16.0 Å². The van der Waals surface area contributed by atoms with Crippen LogP contribution in [-0.4, -0.2) is 23.4 Å². The first-order valence-corrected chi connectivity index (χ1v) is 10.9. The zero-order valence-electron chi connectivity index (χ0n) is 16.6. The van der Waals surface area contributed by atoms with Gasteiger partial charge in [0, 0.05) is 22.0 Å². The molecule has 0 atom stereocenters. The lowest BCUT2D eigenvalue weighted by Crippen LogP contribution is -2.19. The molecule has 0 unspecified atom stereocenters. The molecule has 0 heterocycles. The van der Waals surface area contributed by atoms with Crippen LogP contribution in [0.15, 0.2) is 83.8 Å². The van der Waals surface area contributed by atoms with Crippen molar-refractivity contribution in [2.75, 3.05) is 28.3 Å². The number of rotatable bonds is 8. The van der Waals surface area contributed by atoms with Crippen LogP contribution in [-0.2, 0) is 4.79 Å². The molecule has 0 saturated carbocycles. The Balaban J connectivity index is 1.48. The van der Waals surface area contributed by atoms with E-state index in [1.165, 1.54) is 11.8 Å². The van der Waals surface area contributed by atoms with Crippen molar-refractivity contribution in [2.24, 2.45) is 0 Å². The Kier molecular flexibility index (Phi) is 8.11. The predicted octanol–water partition coefficient (Wildman–Crippen LogP) is 5.63. The van der Waals surface area contributed by atoms with Crippen LogP contribution < -0.4 is 20.7 Å². The monoisotopic (exact) mass is 437 g/mol. The van der Waals surface area contributed by atoms with Gasteiger partial charge in [-0.15, -0.1) is 11.8 Å². The molecule has 0 spiro atoms. The summed E-state index contributed by atoms with van der Waals surface area (Å²) in [6, 6.07) is 24.9. The van der Waals surface area contributed by atoms with Crippen LogP contribution >= 0.6 is 24.0 Å².